The Kier molecular flexibility index (Phi) is 4.47. The van der Waals surface area contributed by atoms with Crippen molar-refractivity contribution in [2.45, 2.75) is 19.8 Å². The molecule has 3 aromatic rings. The van der Waals surface area contributed by atoms with Crippen molar-refractivity contribution in [1.82, 2.24) is 0 Å². The lowest BCUT2D eigenvalue weighted by atomic mass is 9.98. The Balaban J connectivity index is 0.000000238. The van der Waals surface area contributed by atoms with Crippen molar-refractivity contribution < 1.29 is 9.21 Å². The molecule has 1 aliphatic rings. The van der Waals surface area contributed by atoms with Gasteiger partial charge in [0.1, 0.15) is 5.58 Å². The van der Waals surface area contributed by atoms with Crippen LogP contribution in [0.15, 0.2) is 63.8 Å². The van der Waals surface area contributed by atoms with E-state index in [0.717, 1.165) is 34.9 Å². The highest BCUT2D eigenvalue weighted by molar-refractivity contribution is 5.93. The molecule has 1 amide bonds. The molecule has 0 aliphatic heterocycles. The second kappa shape index (κ2) is 6.71. The Bertz CT molecular complexity index is 939. The fourth-order valence-electron chi connectivity index (χ4n) is 2.58. The van der Waals surface area contributed by atoms with E-state index in [4.69, 9.17) is 10.2 Å². The van der Waals surface area contributed by atoms with E-state index in [1.54, 1.807) is 6.07 Å². The standard InChI is InChI=1S/C16H12O2.C4H7NO/c1-11-6-2-3-7-12(11)14-10-16(17)18-15-9-5-4-8-13(14)15;5-4(6)3-1-2-3/h2-10H,1H3;3H,1-2H2,(H2,5,6). The number of fused-ring (bicyclic) bond motifs is 1. The quantitative estimate of drug-likeness (QED) is 0.732. The molecule has 1 heterocycles. The minimum atomic E-state index is -0.313. The van der Waals surface area contributed by atoms with Gasteiger partial charge in [0.2, 0.25) is 5.91 Å². The van der Waals surface area contributed by atoms with Gasteiger partial charge >= 0.3 is 5.63 Å². The van der Waals surface area contributed by atoms with Gasteiger partial charge in [0.15, 0.2) is 0 Å². The summed E-state index contributed by atoms with van der Waals surface area (Å²) in [6.07, 6.45) is 2.05. The van der Waals surface area contributed by atoms with Crippen molar-refractivity contribution in [1.29, 1.82) is 0 Å². The molecular weight excluding hydrogens is 302 g/mol. The van der Waals surface area contributed by atoms with Crippen LogP contribution in [0.1, 0.15) is 18.4 Å². The minimum Gasteiger partial charge on any atom is -0.423 e. The van der Waals surface area contributed by atoms with Gasteiger partial charge in [0, 0.05) is 22.9 Å². The highest BCUT2D eigenvalue weighted by Gasteiger charge is 2.26. The first-order valence-corrected chi connectivity index (χ1v) is 7.94. The molecule has 24 heavy (non-hydrogen) atoms. The molecule has 0 spiro atoms. The normalized spacial score (nSPS) is 13.2. The molecule has 4 heteroatoms. The summed E-state index contributed by atoms with van der Waals surface area (Å²) in [6.45, 7) is 2.04. The molecule has 1 aliphatic carbocycles. The van der Waals surface area contributed by atoms with Crippen molar-refractivity contribution >= 4 is 16.9 Å². The number of amides is 1. The van der Waals surface area contributed by atoms with Crippen LogP contribution < -0.4 is 11.4 Å². The van der Waals surface area contributed by atoms with Crippen LogP contribution in [0.25, 0.3) is 22.1 Å². The van der Waals surface area contributed by atoms with E-state index in [2.05, 4.69) is 0 Å². The molecule has 122 valence electrons. The number of hydrogen-bond acceptors (Lipinski definition) is 3. The Labute approximate surface area is 139 Å². The monoisotopic (exact) mass is 321 g/mol. The van der Waals surface area contributed by atoms with E-state index in [1.165, 1.54) is 0 Å². The first-order chi connectivity index (χ1) is 11.6. The summed E-state index contributed by atoms with van der Waals surface area (Å²) in [5, 5.41) is 0.964. The van der Waals surface area contributed by atoms with Crippen LogP contribution >= 0.6 is 0 Å². The molecule has 2 N–H and O–H groups in total. The van der Waals surface area contributed by atoms with Gasteiger partial charge in [-0.3, -0.25) is 4.79 Å². The molecule has 1 aromatic heterocycles. The van der Waals surface area contributed by atoms with Gasteiger partial charge in [-0.25, -0.2) is 4.79 Å². The van der Waals surface area contributed by atoms with Crippen molar-refractivity contribution in [3.05, 3.63) is 70.6 Å². The van der Waals surface area contributed by atoms with Gasteiger partial charge in [0.05, 0.1) is 0 Å². The molecular formula is C20H19NO3. The molecule has 0 atom stereocenters. The number of primary amides is 1. The van der Waals surface area contributed by atoms with Crippen LogP contribution in [0.4, 0.5) is 0 Å². The molecule has 0 unspecified atom stereocenters. The van der Waals surface area contributed by atoms with Gasteiger partial charge in [-0.2, -0.15) is 0 Å². The van der Waals surface area contributed by atoms with E-state index in [1.807, 2.05) is 55.5 Å². The molecule has 0 saturated heterocycles. The number of para-hydroxylation sites is 1. The highest BCUT2D eigenvalue weighted by Crippen LogP contribution is 2.29. The predicted octanol–water partition coefficient (Wildman–Crippen LogP) is 3.65. The lowest BCUT2D eigenvalue weighted by Gasteiger charge is -2.08. The molecule has 4 rings (SSSR count). The Hall–Kier alpha value is -2.88. The molecule has 0 bridgehead atoms. The van der Waals surface area contributed by atoms with E-state index in [0.29, 0.717) is 5.58 Å². The second-order valence-electron chi connectivity index (χ2n) is 5.97. The first kappa shape index (κ1) is 16.0. The molecule has 1 saturated carbocycles. The van der Waals surface area contributed by atoms with Crippen molar-refractivity contribution in [3.8, 4) is 11.1 Å². The fourth-order valence-corrected chi connectivity index (χ4v) is 2.58. The van der Waals surface area contributed by atoms with Gasteiger partial charge in [-0.05, 0) is 37.0 Å². The summed E-state index contributed by atoms with van der Waals surface area (Å²) >= 11 is 0. The smallest absolute Gasteiger partial charge is 0.336 e. The topological polar surface area (TPSA) is 73.3 Å². The van der Waals surface area contributed by atoms with Crippen molar-refractivity contribution in [2.75, 3.05) is 0 Å². The lowest BCUT2D eigenvalue weighted by molar-refractivity contribution is -0.119. The highest BCUT2D eigenvalue weighted by atomic mass is 16.4. The van der Waals surface area contributed by atoms with E-state index < -0.39 is 0 Å². The number of nitrogens with two attached hydrogens (primary N) is 1. The zero-order valence-corrected chi connectivity index (χ0v) is 13.5. The van der Waals surface area contributed by atoms with E-state index in [9.17, 15) is 9.59 Å². The van der Waals surface area contributed by atoms with Gasteiger partial charge in [-0.15, -0.1) is 0 Å². The third-order valence-corrected chi connectivity index (χ3v) is 4.06. The van der Waals surface area contributed by atoms with Crippen molar-refractivity contribution in [2.24, 2.45) is 11.7 Å². The average molecular weight is 321 g/mol. The van der Waals surface area contributed by atoms with E-state index >= 15 is 0 Å². The van der Waals surface area contributed by atoms with Gasteiger partial charge in [-0.1, -0.05) is 42.5 Å². The first-order valence-electron chi connectivity index (χ1n) is 7.94. The Morgan fingerprint density at radius 2 is 1.71 bits per heavy atom. The number of hydrogen-bond donors (Lipinski definition) is 1. The summed E-state index contributed by atoms with van der Waals surface area (Å²) in [7, 11) is 0. The average Bonchev–Trinajstić information content (AvgIpc) is 3.40. The molecule has 4 nitrogen and oxygen atoms in total. The van der Waals surface area contributed by atoms with Crippen LogP contribution in [-0.4, -0.2) is 5.91 Å². The predicted molar refractivity (Wildman–Crippen MR) is 94.6 cm³/mol. The Morgan fingerprint density at radius 3 is 2.33 bits per heavy atom. The zero-order valence-electron chi connectivity index (χ0n) is 13.5. The summed E-state index contributed by atoms with van der Waals surface area (Å²) in [4.78, 5) is 21.6. The SMILES string of the molecule is Cc1ccccc1-c1cc(=O)oc2ccccc12.NC(=O)C1CC1. The maximum Gasteiger partial charge on any atom is 0.336 e. The molecule has 2 aromatic carbocycles. The summed E-state index contributed by atoms with van der Waals surface area (Å²) in [6, 6.07) is 17.2. The lowest BCUT2D eigenvalue weighted by Crippen LogP contribution is -2.11. The number of aryl methyl sites for hydroxylation is 1. The fraction of sp³-hybridized carbons (Fsp3) is 0.200. The molecule has 1 fully saturated rings. The van der Waals surface area contributed by atoms with Gasteiger partial charge < -0.3 is 10.2 Å². The number of carbonyl (C=O) groups excluding carboxylic acids is 1. The van der Waals surface area contributed by atoms with Crippen LogP contribution in [0, 0.1) is 12.8 Å². The largest absolute Gasteiger partial charge is 0.423 e. The maximum absolute atomic E-state index is 11.6. The van der Waals surface area contributed by atoms with E-state index in [-0.39, 0.29) is 17.5 Å². The maximum atomic E-state index is 11.6. The summed E-state index contributed by atoms with van der Waals surface area (Å²) in [5.41, 5.74) is 8.32. The Morgan fingerprint density at radius 1 is 1.04 bits per heavy atom. The zero-order chi connectivity index (χ0) is 17.1. The molecule has 0 radical (unpaired) electrons. The second-order valence-corrected chi connectivity index (χ2v) is 5.97. The number of rotatable bonds is 2. The number of carbonyl (C=O) groups is 1. The van der Waals surface area contributed by atoms with Crippen molar-refractivity contribution in [3.63, 3.8) is 0 Å². The number of benzene rings is 2. The van der Waals surface area contributed by atoms with Crippen LogP contribution in [0.2, 0.25) is 0 Å². The van der Waals surface area contributed by atoms with Crippen LogP contribution in [0.5, 0.6) is 0 Å². The van der Waals surface area contributed by atoms with Crippen LogP contribution in [0.3, 0.4) is 0 Å². The third-order valence-electron chi connectivity index (χ3n) is 4.06. The summed E-state index contributed by atoms with van der Waals surface area (Å²) in [5.74, 6) is 0.111. The third kappa shape index (κ3) is 3.54. The summed E-state index contributed by atoms with van der Waals surface area (Å²) < 4.78 is 5.21. The minimum absolute atomic E-state index is 0.130. The van der Waals surface area contributed by atoms with Gasteiger partial charge in [0.25, 0.3) is 0 Å². The van der Waals surface area contributed by atoms with Crippen LogP contribution in [-0.2, 0) is 4.79 Å².